The molecule has 158 valence electrons. The Kier molecular flexibility index (Phi) is 8.30. The number of para-hydroxylation sites is 1. The molecule has 8 heteroatoms. The van der Waals surface area contributed by atoms with E-state index in [1.807, 2.05) is 30.3 Å². The summed E-state index contributed by atoms with van der Waals surface area (Å²) in [5.74, 6) is 1.11. The van der Waals surface area contributed by atoms with Crippen LogP contribution in [0.4, 0.5) is 11.5 Å². The second kappa shape index (κ2) is 11.2. The van der Waals surface area contributed by atoms with Crippen molar-refractivity contribution in [2.45, 2.75) is 17.7 Å². The first-order valence-electron chi connectivity index (χ1n) is 9.82. The van der Waals surface area contributed by atoms with Crippen LogP contribution >= 0.6 is 23.4 Å². The predicted molar refractivity (Wildman–Crippen MR) is 123 cm³/mol. The normalized spacial score (nSPS) is 14.8. The van der Waals surface area contributed by atoms with Gasteiger partial charge in [-0.05, 0) is 50.2 Å². The van der Waals surface area contributed by atoms with Crippen molar-refractivity contribution < 1.29 is 9.59 Å². The van der Waals surface area contributed by atoms with Crippen LogP contribution in [-0.2, 0) is 9.59 Å². The van der Waals surface area contributed by atoms with Crippen LogP contribution in [0.2, 0.25) is 5.02 Å². The average molecular weight is 445 g/mol. The Morgan fingerprint density at radius 2 is 1.97 bits per heavy atom. The van der Waals surface area contributed by atoms with Gasteiger partial charge in [-0.15, -0.1) is 18.3 Å². The number of nitrogens with zero attached hydrogens (tertiary/aromatic N) is 2. The highest BCUT2D eigenvalue weighted by Crippen LogP contribution is 2.27. The highest BCUT2D eigenvalue weighted by molar-refractivity contribution is 7.99. The number of aromatic nitrogens is 1. The lowest BCUT2D eigenvalue weighted by atomic mass is 9.96. The minimum Gasteiger partial charge on any atom is -0.324 e. The number of carbonyl (C=O) groups excluding carboxylic acids is 2. The largest absolute Gasteiger partial charge is 0.324 e. The second-order valence-corrected chi connectivity index (χ2v) is 8.54. The van der Waals surface area contributed by atoms with E-state index in [1.165, 1.54) is 6.20 Å². The Hall–Kier alpha value is -2.35. The number of nitrogens with one attached hydrogen (secondary N) is 2. The topological polar surface area (TPSA) is 74.3 Å². The lowest BCUT2D eigenvalue weighted by molar-refractivity contribution is -0.121. The highest BCUT2D eigenvalue weighted by atomic mass is 35.5. The summed E-state index contributed by atoms with van der Waals surface area (Å²) >= 11 is 7.45. The van der Waals surface area contributed by atoms with Crippen LogP contribution < -0.4 is 10.6 Å². The summed E-state index contributed by atoms with van der Waals surface area (Å²) in [6, 6.07) is 11.1. The van der Waals surface area contributed by atoms with Gasteiger partial charge in [0.2, 0.25) is 11.8 Å². The Bertz CT molecular complexity index is 883. The Morgan fingerprint density at radius 1 is 1.20 bits per heavy atom. The number of thioether (sulfide) groups is 1. The number of piperidine rings is 1. The summed E-state index contributed by atoms with van der Waals surface area (Å²) in [5, 5.41) is 6.37. The van der Waals surface area contributed by atoms with E-state index in [0.717, 1.165) is 16.3 Å². The number of rotatable bonds is 8. The van der Waals surface area contributed by atoms with E-state index < -0.39 is 0 Å². The van der Waals surface area contributed by atoms with Crippen molar-refractivity contribution in [1.29, 1.82) is 0 Å². The van der Waals surface area contributed by atoms with Crippen LogP contribution in [0.15, 0.2) is 60.1 Å². The molecule has 1 fully saturated rings. The smallest absolute Gasteiger partial charge is 0.238 e. The minimum atomic E-state index is -0.0854. The summed E-state index contributed by atoms with van der Waals surface area (Å²) in [6.07, 6.45) is 4.76. The molecule has 0 aliphatic carbocycles. The van der Waals surface area contributed by atoms with Gasteiger partial charge in [-0.3, -0.25) is 14.5 Å². The monoisotopic (exact) mass is 444 g/mol. The summed E-state index contributed by atoms with van der Waals surface area (Å²) in [5.41, 5.74) is 0.819. The van der Waals surface area contributed by atoms with Crippen molar-refractivity contribution in [3.05, 3.63) is 60.3 Å². The van der Waals surface area contributed by atoms with Crippen molar-refractivity contribution in [2.24, 2.45) is 5.92 Å². The minimum absolute atomic E-state index is 0.0397. The maximum absolute atomic E-state index is 12.5. The first-order valence-corrected chi connectivity index (χ1v) is 11.2. The Morgan fingerprint density at radius 3 is 2.67 bits per heavy atom. The van der Waals surface area contributed by atoms with Gasteiger partial charge in [-0.25, -0.2) is 4.98 Å². The number of benzene rings is 1. The van der Waals surface area contributed by atoms with Gasteiger partial charge in [-0.2, -0.15) is 0 Å². The molecule has 0 bridgehead atoms. The zero-order valence-electron chi connectivity index (χ0n) is 16.6. The summed E-state index contributed by atoms with van der Waals surface area (Å²) in [6.45, 7) is 5.45. The van der Waals surface area contributed by atoms with E-state index in [9.17, 15) is 9.59 Å². The first kappa shape index (κ1) is 22.3. The standard InChI is InChI=1S/C22H25ClN4O2S/c1-2-13-30-19-6-4-3-5-18(19)25-21(28)15-27-11-9-16(10-12-27)22(29)26-20-8-7-17(23)14-24-20/h2-8,14,16H,1,9-13,15H2,(H,25,28)(H,24,26,29). The Balaban J connectivity index is 1.45. The average Bonchev–Trinajstić information content (AvgIpc) is 2.75. The van der Waals surface area contributed by atoms with E-state index in [4.69, 9.17) is 11.6 Å². The second-order valence-electron chi connectivity index (χ2n) is 7.05. The number of likely N-dealkylation sites (tertiary alicyclic amines) is 1. The Labute approximate surface area is 186 Å². The van der Waals surface area contributed by atoms with Gasteiger partial charge in [0.05, 0.1) is 17.3 Å². The number of anilines is 2. The van der Waals surface area contributed by atoms with Crippen molar-refractivity contribution in [3.8, 4) is 0 Å². The maximum Gasteiger partial charge on any atom is 0.238 e. The molecule has 1 aliphatic heterocycles. The molecule has 2 aromatic rings. The zero-order valence-corrected chi connectivity index (χ0v) is 18.2. The van der Waals surface area contributed by atoms with Crippen molar-refractivity contribution >= 4 is 46.7 Å². The third-order valence-electron chi connectivity index (χ3n) is 4.82. The SMILES string of the molecule is C=CCSc1ccccc1NC(=O)CN1CCC(C(=O)Nc2ccc(Cl)cn2)CC1. The van der Waals surface area contributed by atoms with Gasteiger partial charge in [-0.1, -0.05) is 29.8 Å². The predicted octanol–water partition coefficient (Wildman–Crippen LogP) is 4.30. The molecule has 0 unspecified atom stereocenters. The fraction of sp³-hybridized carbons (Fsp3) is 0.318. The van der Waals surface area contributed by atoms with E-state index in [2.05, 4.69) is 27.1 Å². The zero-order chi connectivity index (χ0) is 21.3. The number of pyridine rings is 1. The van der Waals surface area contributed by atoms with Gasteiger partial charge in [0.1, 0.15) is 5.82 Å². The van der Waals surface area contributed by atoms with Gasteiger partial charge < -0.3 is 10.6 Å². The van der Waals surface area contributed by atoms with E-state index >= 15 is 0 Å². The van der Waals surface area contributed by atoms with Gasteiger partial charge in [0, 0.05) is 22.8 Å². The van der Waals surface area contributed by atoms with Crippen molar-refractivity contribution in [3.63, 3.8) is 0 Å². The van der Waals surface area contributed by atoms with Crippen LogP contribution in [0.25, 0.3) is 0 Å². The fourth-order valence-electron chi connectivity index (χ4n) is 3.27. The number of hydrogen-bond acceptors (Lipinski definition) is 5. The third kappa shape index (κ3) is 6.58. The molecule has 1 aromatic carbocycles. The molecule has 1 aliphatic rings. The summed E-state index contributed by atoms with van der Waals surface area (Å²) in [7, 11) is 0. The molecule has 3 rings (SSSR count). The van der Waals surface area contributed by atoms with Crippen LogP contribution in [-0.4, -0.2) is 47.1 Å². The summed E-state index contributed by atoms with van der Waals surface area (Å²) < 4.78 is 0. The van der Waals surface area contributed by atoms with Gasteiger partial charge >= 0.3 is 0 Å². The number of carbonyl (C=O) groups is 2. The van der Waals surface area contributed by atoms with Crippen molar-refractivity contribution in [2.75, 3.05) is 36.0 Å². The molecule has 2 amide bonds. The maximum atomic E-state index is 12.5. The fourth-order valence-corrected chi connectivity index (χ4v) is 4.13. The molecule has 1 saturated heterocycles. The van der Waals surface area contributed by atoms with E-state index in [1.54, 1.807) is 23.9 Å². The highest BCUT2D eigenvalue weighted by Gasteiger charge is 2.26. The van der Waals surface area contributed by atoms with Gasteiger partial charge in [0.15, 0.2) is 0 Å². The van der Waals surface area contributed by atoms with Crippen LogP contribution in [0, 0.1) is 5.92 Å². The van der Waals surface area contributed by atoms with Gasteiger partial charge in [0.25, 0.3) is 0 Å². The molecule has 6 nitrogen and oxygen atoms in total. The molecule has 1 aromatic heterocycles. The van der Waals surface area contributed by atoms with Crippen molar-refractivity contribution in [1.82, 2.24) is 9.88 Å². The number of amides is 2. The lowest BCUT2D eigenvalue weighted by Gasteiger charge is -2.30. The lowest BCUT2D eigenvalue weighted by Crippen LogP contribution is -2.41. The molecule has 30 heavy (non-hydrogen) atoms. The van der Waals surface area contributed by atoms with E-state index in [0.29, 0.717) is 43.3 Å². The molecule has 0 saturated carbocycles. The molecule has 2 heterocycles. The molecular formula is C22H25ClN4O2S. The summed E-state index contributed by atoms with van der Waals surface area (Å²) in [4.78, 5) is 32.2. The third-order valence-corrected chi connectivity index (χ3v) is 6.12. The van der Waals surface area contributed by atoms with Crippen LogP contribution in [0.3, 0.4) is 0 Å². The molecule has 2 N–H and O–H groups in total. The van der Waals surface area contributed by atoms with Crippen LogP contribution in [0.1, 0.15) is 12.8 Å². The molecular weight excluding hydrogens is 420 g/mol. The van der Waals surface area contributed by atoms with E-state index in [-0.39, 0.29) is 17.7 Å². The van der Waals surface area contributed by atoms with Crippen LogP contribution in [0.5, 0.6) is 0 Å². The quantitative estimate of drug-likeness (QED) is 0.469. The number of hydrogen-bond donors (Lipinski definition) is 2. The molecule has 0 atom stereocenters. The molecule has 0 radical (unpaired) electrons. The first-order chi connectivity index (χ1) is 14.5. The molecule has 0 spiro atoms. The number of halogens is 1.